The second-order valence-electron chi connectivity index (χ2n) is 4.51. The molecule has 3 nitrogen and oxygen atoms in total. The Hall–Kier alpha value is -1.98. The molecule has 4 rings (SSSR count). The number of nitrogens with one attached hydrogen (secondary N) is 1. The number of hydrogen-bond donors (Lipinski definition) is 1. The largest absolute Gasteiger partial charge is 0.379 e. The van der Waals surface area contributed by atoms with E-state index in [2.05, 4.69) is 51.1 Å². The van der Waals surface area contributed by atoms with Crippen LogP contribution in [0.5, 0.6) is 0 Å². The van der Waals surface area contributed by atoms with E-state index in [1.807, 2.05) is 12.3 Å². The van der Waals surface area contributed by atoms with Crippen LogP contribution in [-0.4, -0.2) is 9.36 Å². The van der Waals surface area contributed by atoms with Gasteiger partial charge in [0.05, 0.1) is 21.5 Å². The van der Waals surface area contributed by atoms with Crippen molar-refractivity contribution in [3.63, 3.8) is 0 Å². The molecule has 1 N–H and O–H groups in total. The molecule has 0 saturated carbocycles. The van der Waals surface area contributed by atoms with Gasteiger partial charge in [-0.1, -0.05) is 12.1 Å². The van der Waals surface area contributed by atoms with Crippen LogP contribution in [0.4, 0.5) is 5.69 Å². The molecular formula is C15H11N3S2. The summed E-state index contributed by atoms with van der Waals surface area (Å²) in [7, 11) is 0. The van der Waals surface area contributed by atoms with Crippen molar-refractivity contribution in [1.82, 2.24) is 9.36 Å². The molecule has 0 aliphatic rings. The second kappa shape index (κ2) is 4.85. The average molecular weight is 297 g/mol. The summed E-state index contributed by atoms with van der Waals surface area (Å²) in [5.74, 6) is 0. The van der Waals surface area contributed by atoms with Crippen LogP contribution < -0.4 is 5.32 Å². The van der Waals surface area contributed by atoms with Gasteiger partial charge in [0, 0.05) is 17.3 Å². The Morgan fingerprint density at radius 2 is 2.00 bits per heavy atom. The third-order valence-electron chi connectivity index (χ3n) is 3.13. The lowest BCUT2D eigenvalue weighted by Gasteiger charge is -2.03. The summed E-state index contributed by atoms with van der Waals surface area (Å²) in [5.41, 5.74) is 2.18. The first-order valence-corrected chi connectivity index (χ1v) is 7.90. The molecule has 0 bridgehead atoms. The molecule has 0 spiro atoms. The SMILES string of the molecule is c1ccc2sc(CNc3ccc4sncc4c3)nc2c1. The van der Waals surface area contributed by atoms with E-state index in [0.717, 1.165) is 22.8 Å². The Morgan fingerprint density at radius 3 is 2.95 bits per heavy atom. The molecule has 0 aliphatic carbocycles. The summed E-state index contributed by atoms with van der Waals surface area (Å²) in [6.45, 7) is 0.752. The molecule has 20 heavy (non-hydrogen) atoms. The van der Waals surface area contributed by atoms with Gasteiger partial charge in [0.25, 0.3) is 0 Å². The van der Waals surface area contributed by atoms with Gasteiger partial charge in [0.15, 0.2) is 0 Å². The highest BCUT2D eigenvalue weighted by Gasteiger charge is 2.03. The molecular weight excluding hydrogens is 286 g/mol. The lowest BCUT2D eigenvalue weighted by molar-refractivity contribution is 1.12. The molecule has 0 unspecified atom stereocenters. The van der Waals surface area contributed by atoms with Gasteiger partial charge in [-0.15, -0.1) is 11.3 Å². The van der Waals surface area contributed by atoms with Gasteiger partial charge in [-0.25, -0.2) is 4.98 Å². The van der Waals surface area contributed by atoms with E-state index in [-0.39, 0.29) is 0 Å². The predicted molar refractivity (Wildman–Crippen MR) is 86.6 cm³/mol. The Labute approximate surface area is 124 Å². The van der Waals surface area contributed by atoms with Crippen molar-refractivity contribution in [2.45, 2.75) is 6.54 Å². The maximum atomic E-state index is 4.63. The van der Waals surface area contributed by atoms with Crippen molar-refractivity contribution in [3.8, 4) is 0 Å². The number of aromatic nitrogens is 2. The Bertz CT molecular complexity index is 844. The molecule has 0 aliphatic heterocycles. The van der Waals surface area contributed by atoms with Crippen LogP contribution >= 0.6 is 22.9 Å². The summed E-state index contributed by atoms with van der Waals surface area (Å²) in [6.07, 6.45) is 1.91. The molecule has 0 fully saturated rings. The fourth-order valence-corrected chi connectivity index (χ4v) is 3.69. The summed E-state index contributed by atoms with van der Waals surface area (Å²) in [5, 5.41) is 5.72. The number of nitrogens with zero attached hydrogens (tertiary/aromatic N) is 2. The van der Waals surface area contributed by atoms with Crippen LogP contribution in [0.3, 0.4) is 0 Å². The standard InChI is InChI=1S/C15H11N3S2/c1-2-4-14-12(3-1)18-15(19-14)9-16-11-5-6-13-10(7-11)8-17-20-13/h1-8,16H,9H2. The quantitative estimate of drug-likeness (QED) is 0.604. The summed E-state index contributed by atoms with van der Waals surface area (Å²) >= 11 is 3.26. The Kier molecular flexibility index (Phi) is 2.86. The van der Waals surface area contributed by atoms with Crippen molar-refractivity contribution in [3.05, 3.63) is 53.7 Å². The average Bonchev–Trinajstić information content (AvgIpc) is 3.10. The first-order valence-electron chi connectivity index (χ1n) is 6.31. The molecule has 0 radical (unpaired) electrons. The zero-order chi connectivity index (χ0) is 13.4. The van der Waals surface area contributed by atoms with Crippen molar-refractivity contribution >= 4 is 48.9 Å². The Balaban J connectivity index is 1.56. The van der Waals surface area contributed by atoms with Crippen LogP contribution in [0.2, 0.25) is 0 Å². The zero-order valence-corrected chi connectivity index (χ0v) is 12.2. The second-order valence-corrected chi connectivity index (χ2v) is 6.46. The van der Waals surface area contributed by atoms with Gasteiger partial charge in [-0.3, -0.25) is 0 Å². The summed E-state index contributed by atoms with van der Waals surface area (Å²) in [4.78, 5) is 4.63. The topological polar surface area (TPSA) is 37.8 Å². The number of para-hydroxylation sites is 1. The van der Waals surface area contributed by atoms with Crippen molar-refractivity contribution in [2.24, 2.45) is 0 Å². The summed E-state index contributed by atoms with van der Waals surface area (Å²) < 4.78 is 6.65. The number of fused-ring (bicyclic) bond motifs is 2. The van der Waals surface area contributed by atoms with Gasteiger partial charge in [-0.05, 0) is 41.9 Å². The molecule has 4 aromatic rings. The zero-order valence-electron chi connectivity index (χ0n) is 10.5. The van der Waals surface area contributed by atoms with Crippen LogP contribution in [-0.2, 0) is 6.54 Å². The van der Waals surface area contributed by atoms with E-state index in [9.17, 15) is 0 Å². The van der Waals surface area contributed by atoms with Crippen molar-refractivity contribution < 1.29 is 0 Å². The highest BCUT2D eigenvalue weighted by atomic mass is 32.1. The molecule has 2 aromatic heterocycles. The number of benzene rings is 2. The molecule has 5 heteroatoms. The predicted octanol–water partition coefficient (Wildman–Crippen LogP) is 4.52. The molecule has 2 heterocycles. The molecule has 0 amide bonds. The van der Waals surface area contributed by atoms with Gasteiger partial charge >= 0.3 is 0 Å². The highest BCUT2D eigenvalue weighted by Crippen LogP contribution is 2.24. The first kappa shape index (κ1) is 11.8. The maximum absolute atomic E-state index is 4.63. The van der Waals surface area contributed by atoms with Gasteiger partial charge in [0.1, 0.15) is 5.01 Å². The molecule has 0 atom stereocenters. The fourth-order valence-electron chi connectivity index (χ4n) is 2.16. The fraction of sp³-hybridized carbons (Fsp3) is 0.0667. The molecule has 2 aromatic carbocycles. The first-order chi connectivity index (χ1) is 9.88. The van der Waals surface area contributed by atoms with Gasteiger partial charge in [-0.2, -0.15) is 4.37 Å². The smallest absolute Gasteiger partial charge is 0.113 e. The van der Waals surface area contributed by atoms with Crippen molar-refractivity contribution in [1.29, 1.82) is 0 Å². The van der Waals surface area contributed by atoms with Crippen LogP contribution in [0.25, 0.3) is 20.3 Å². The number of thiazole rings is 1. The van der Waals surface area contributed by atoms with E-state index < -0.39 is 0 Å². The van der Waals surface area contributed by atoms with Crippen LogP contribution in [0.1, 0.15) is 5.01 Å². The number of anilines is 1. The molecule has 98 valence electrons. The third kappa shape index (κ3) is 2.15. The monoisotopic (exact) mass is 297 g/mol. The third-order valence-corrected chi connectivity index (χ3v) is 4.95. The van der Waals surface area contributed by atoms with Crippen LogP contribution in [0, 0.1) is 0 Å². The maximum Gasteiger partial charge on any atom is 0.113 e. The highest BCUT2D eigenvalue weighted by molar-refractivity contribution is 7.18. The van der Waals surface area contributed by atoms with Crippen LogP contribution in [0.15, 0.2) is 48.7 Å². The van der Waals surface area contributed by atoms with Crippen molar-refractivity contribution in [2.75, 3.05) is 5.32 Å². The minimum absolute atomic E-state index is 0.752. The van der Waals surface area contributed by atoms with E-state index in [0.29, 0.717) is 0 Å². The summed E-state index contributed by atoms with van der Waals surface area (Å²) in [6, 6.07) is 14.6. The normalized spacial score (nSPS) is 11.2. The van der Waals surface area contributed by atoms with Gasteiger partial charge in [0.2, 0.25) is 0 Å². The number of rotatable bonds is 3. The van der Waals surface area contributed by atoms with E-state index >= 15 is 0 Å². The minimum atomic E-state index is 0.752. The van der Waals surface area contributed by atoms with Gasteiger partial charge < -0.3 is 5.32 Å². The molecule has 0 saturated heterocycles. The lowest BCUT2D eigenvalue weighted by atomic mass is 10.2. The number of hydrogen-bond acceptors (Lipinski definition) is 5. The Morgan fingerprint density at radius 1 is 1.05 bits per heavy atom. The lowest BCUT2D eigenvalue weighted by Crippen LogP contribution is -1.98. The van der Waals surface area contributed by atoms with E-state index in [4.69, 9.17) is 0 Å². The minimum Gasteiger partial charge on any atom is -0.379 e. The van der Waals surface area contributed by atoms with E-state index in [1.165, 1.54) is 26.3 Å². The van der Waals surface area contributed by atoms with E-state index in [1.54, 1.807) is 11.3 Å².